The smallest absolute Gasteiger partial charge is 0.276 e. The molecule has 118 valence electrons. The van der Waals surface area contributed by atoms with Gasteiger partial charge in [-0.2, -0.15) is 5.10 Å². The minimum Gasteiger partial charge on any atom is -0.310 e. The normalized spacial score (nSPS) is 11.6. The molecule has 0 spiro atoms. The maximum Gasteiger partial charge on any atom is 0.276 e. The number of carbonyl (C=O) groups excluding carboxylic acids is 1. The minimum absolute atomic E-state index is 0.0440. The Bertz CT molecular complexity index is 708. The van der Waals surface area contributed by atoms with Crippen molar-refractivity contribution in [1.29, 1.82) is 0 Å². The van der Waals surface area contributed by atoms with Crippen LogP contribution in [0.25, 0.3) is 0 Å². The highest BCUT2D eigenvalue weighted by Gasteiger charge is 2.24. The fourth-order valence-electron chi connectivity index (χ4n) is 2.50. The predicted octanol–water partition coefficient (Wildman–Crippen LogP) is 3.61. The number of hydrogen-bond acceptors (Lipinski definition) is 2. The highest BCUT2D eigenvalue weighted by Crippen LogP contribution is 2.24. The lowest BCUT2D eigenvalue weighted by molar-refractivity contribution is 0.0984. The van der Waals surface area contributed by atoms with Crippen molar-refractivity contribution in [1.82, 2.24) is 9.78 Å². The number of amides is 1. The molecule has 0 bridgehead atoms. The van der Waals surface area contributed by atoms with E-state index in [0.29, 0.717) is 5.69 Å². The number of hydrogen-bond donors (Lipinski definition) is 0. The van der Waals surface area contributed by atoms with E-state index in [0.717, 1.165) is 16.9 Å². The summed E-state index contributed by atoms with van der Waals surface area (Å²) in [6.45, 7) is 10.4. The van der Waals surface area contributed by atoms with E-state index in [-0.39, 0.29) is 11.3 Å². The molecule has 1 aromatic heterocycles. The van der Waals surface area contributed by atoms with Gasteiger partial charge in [0.2, 0.25) is 0 Å². The maximum atomic E-state index is 12.8. The molecule has 2 rings (SSSR count). The Kier molecular flexibility index (Phi) is 4.14. The van der Waals surface area contributed by atoms with E-state index < -0.39 is 0 Å². The molecule has 1 aromatic carbocycles. The molecule has 1 amide bonds. The monoisotopic (exact) mass is 299 g/mol. The predicted molar refractivity (Wildman–Crippen MR) is 90.6 cm³/mol. The quantitative estimate of drug-likeness (QED) is 0.849. The first-order valence-electron chi connectivity index (χ1n) is 7.51. The Morgan fingerprint density at radius 3 is 2.32 bits per heavy atom. The molecule has 0 saturated carbocycles. The van der Waals surface area contributed by atoms with Gasteiger partial charge in [-0.05, 0) is 31.5 Å². The SMILES string of the molecule is Cc1ccc(N(C)C(=O)c2cc(C(C)(C)C)nn2C)c(C)c1. The molecule has 4 nitrogen and oxygen atoms in total. The number of aryl methyl sites for hydroxylation is 3. The largest absolute Gasteiger partial charge is 0.310 e. The van der Waals surface area contributed by atoms with Crippen LogP contribution in [0.4, 0.5) is 5.69 Å². The topological polar surface area (TPSA) is 38.1 Å². The molecular weight excluding hydrogens is 274 g/mol. The van der Waals surface area contributed by atoms with Crippen LogP contribution in [0.2, 0.25) is 0 Å². The minimum atomic E-state index is -0.0748. The summed E-state index contributed by atoms with van der Waals surface area (Å²) in [6, 6.07) is 7.99. The van der Waals surface area contributed by atoms with E-state index in [1.54, 1.807) is 9.58 Å². The molecule has 4 heteroatoms. The molecule has 0 fully saturated rings. The van der Waals surface area contributed by atoms with Gasteiger partial charge in [0.1, 0.15) is 5.69 Å². The molecule has 22 heavy (non-hydrogen) atoms. The number of rotatable bonds is 2. The van der Waals surface area contributed by atoms with Crippen molar-refractivity contribution in [2.24, 2.45) is 7.05 Å². The molecule has 0 saturated heterocycles. The second-order valence-electron chi connectivity index (χ2n) is 6.94. The van der Waals surface area contributed by atoms with Gasteiger partial charge < -0.3 is 4.90 Å². The number of benzene rings is 1. The molecule has 0 N–H and O–H groups in total. The summed E-state index contributed by atoms with van der Waals surface area (Å²) < 4.78 is 1.67. The van der Waals surface area contributed by atoms with Crippen molar-refractivity contribution >= 4 is 11.6 Å². The summed E-state index contributed by atoms with van der Waals surface area (Å²) in [4.78, 5) is 14.5. The van der Waals surface area contributed by atoms with Gasteiger partial charge in [-0.15, -0.1) is 0 Å². The first-order chi connectivity index (χ1) is 10.1. The molecule has 1 heterocycles. The second kappa shape index (κ2) is 5.59. The Morgan fingerprint density at radius 2 is 1.82 bits per heavy atom. The van der Waals surface area contributed by atoms with Gasteiger partial charge in [-0.3, -0.25) is 9.48 Å². The first kappa shape index (κ1) is 16.3. The Morgan fingerprint density at radius 1 is 1.18 bits per heavy atom. The van der Waals surface area contributed by atoms with Crippen molar-refractivity contribution in [3.05, 3.63) is 46.8 Å². The summed E-state index contributed by atoms with van der Waals surface area (Å²) in [6.07, 6.45) is 0. The summed E-state index contributed by atoms with van der Waals surface area (Å²) in [5.41, 5.74) is 4.66. The van der Waals surface area contributed by atoms with Crippen molar-refractivity contribution < 1.29 is 4.79 Å². The van der Waals surface area contributed by atoms with E-state index in [2.05, 4.69) is 38.9 Å². The molecule has 0 aliphatic rings. The van der Waals surface area contributed by atoms with Crippen molar-refractivity contribution in [3.8, 4) is 0 Å². The van der Waals surface area contributed by atoms with Crippen LogP contribution in [0.5, 0.6) is 0 Å². The van der Waals surface area contributed by atoms with Gasteiger partial charge in [0.05, 0.1) is 5.69 Å². The Balaban J connectivity index is 2.37. The average molecular weight is 299 g/mol. The molecule has 0 aliphatic heterocycles. The summed E-state index contributed by atoms with van der Waals surface area (Å²) in [7, 11) is 3.63. The third-order valence-electron chi connectivity index (χ3n) is 3.89. The van der Waals surface area contributed by atoms with E-state index in [1.165, 1.54) is 5.56 Å². The zero-order chi connectivity index (χ0) is 16.7. The van der Waals surface area contributed by atoms with Gasteiger partial charge in [-0.1, -0.05) is 38.5 Å². The van der Waals surface area contributed by atoms with Gasteiger partial charge in [-0.25, -0.2) is 0 Å². The van der Waals surface area contributed by atoms with Crippen LogP contribution in [0.15, 0.2) is 24.3 Å². The lowest BCUT2D eigenvalue weighted by Gasteiger charge is -2.20. The number of carbonyl (C=O) groups is 1. The van der Waals surface area contributed by atoms with Crippen LogP contribution in [0.3, 0.4) is 0 Å². The number of anilines is 1. The maximum absolute atomic E-state index is 12.8. The molecule has 0 atom stereocenters. The second-order valence-corrected chi connectivity index (χ2v) is 6.94. The highest BCUT2D eigenvalue weighted by molar-refractivity contribution is 6.05. The van der Waals surface area contributed by atoms with Gasteiger partial charge in [0.15, 0.2) is 0 Å². The van der Waals surface area contributed by atoms with Crippen molar-refractivity contribution in [2.75, 3.05) is 11.9 Å². The van der Waals surface area contributed by atoms with Crippen LogP contribution in [0, 0.1) is 13.8 Å². The molecule has 2 aromatic rings. The first-order valence-corrected chi connectivity index (χ1v) is 7.51. The molecule has 0 aliphatic carbocycles. The summed E-state index contributed by atoms with van der Waals surface area (Å²) in [5, 5.41) is 4.48. The molecule has 0 unspecified atom stereocenters. The summed E-state index contributed by atoms with van der Waals surface area (Å²) in [5.74, 6) is -0.0440. The zero-order valence-electron chi connectivity index (χ0n) is 14.6. The van der Waals surface area contributed by atoms with Crippen LogP contribution < -0.4 is 4.90 Å². The standard InChI is InChI=1S/C18H25N3O/c1-12-8-9-14(13(2)10-12)20(6)17(22)15-11-16(18(3,4)5)19-21(15)7/h8-11H,1-7H3. The van der Waals surface area contributed by atoms with Crippen LogP contribution in [0.1, 0.15) is 48.1 Å². The number of nitrogens with zero attached hydrogens (tertiary/aromatic N) is 3. The van der Waals surface area contributed by atoms with E-state index in [9.17, 15) is 4.79 Å². The lowest BCUT2D eigenvalue weighted by atomic mass is 9.92. The molecule has 0 radical (unpaired) electrons. The van der Waals surface area contributed by atoms with E-state index in [4.69, 9.17) is 0 Å². The van der Waals surface area contributed by atoms with Gasteiger partial charge >= 0.3 is 0 Å². The number of aromatic nitrogens is 2. The van der Waals surface area contributed by atoms with Crippen LogP contribution in [-0.4, -0.2) is 22.7 Å². The Hall–Kier alpha value is -2.10. The highest BCUT2D eigenvalue weighted by atomic mass is 16.2. The van der Waals surface area contributed by atoms with Gasteiger partial charge in [0, 0.05) is 25.2 Å². The lowest BCUT2D eigenvalue weighted by Crippen LogP contribution is -2.28. The third kappa shape index (κ3) is 3.06. The fourth-order valence-corrected chi connectivity index (χ4v) is 2.50. The third-order valence-corrected chi connectivity index (χ3v) is 3.89. The average Bonchev–Trinajstić information content (AvgIpc) is 2.79. The van der Waals surface area contributed by atoms with E-state index >= 15 is 0 Å². The summed E-state index contributed by atoms with van der Waals surface area (Å²) >= 11 is 0. The van der Waals surface area contributed by atoms with Gasteiger partial charge in [0.25, 0.3) is 5.91 Å². The van der Waals surface area contributed by atoms with Crippen LogP contribution in [-0.2, 0) is 12.5 Å². The van der Waals surface area contributed by atoms with Crippen LogP contribution >= 0.6 is 0 Å². The fraction of sp³-hybridized carbons (Fsp3) is 0.444. The van der Waals surface area contributed by atoms with E-state index in [1.807, 2.05) is 39.2 Å². The Labute approximate surface area is 132 Å². The van der Waals surface area contributed by atoms with Crippen molar-refractivity contribution in [2.45, 2.75) is 40.0 Å². The van der Waals surface area contributed by atoms with Crippen molar-refractivity contribution in [3.63, 3.8) is 0 Å². The molecular formula is C18H25N3O. The zero-order valence-corrected chi connectivity index (χ0v) is 14.6.